The summed E-state index contributed by atoms with van der Waals surface area (Å²) in [6.45, 7) is 7.12. The zero-order chi connectivity index (χ0) is 19.3. The fourth-order valence-corrected chi connectivity index (χ4v) is 2.25. The minimum atomic E-state index is 0. The van der Waals surface area contributed by atoms with Crippen molar-refractivity contribution in [3.63, 3.8) is 0 Å². The van der Waals surface area contributed by atoms with Crippen LogP contribution in [0.3, 0.4) is 0 Å². The molecule has 7 nitrogen and oxygen atoms in total. The van der Waals surface area contributed by atoms with Crippen molar-refractivity contribution >= 4 is 29.9 Å². The molecule has 0 unspecified atom stereocenters. The average Bonchev–Trinajstić information content (AvgIpc) is 2.69. The highest BCUT2D eigenvalue weighted by molar-refractivity contribution is 14.0. The van der Waals surface area contributed by atoms with Gasteiger partial charge >= 0.3 is 0 Å². The molecule has 0 aliphatic carbocycles. The number of nitrogens with zero attached hydrogens (tertiary/aromatic N) is 2. The van der Waals surface area contributed by atoms with Crippen LogP contribution >= 0.6 is 24.0 Å². The van der Waals surface area contributed by atoms with Crippen molar-refractivity contribution in [1.29, 1.82) is 0 Å². The Kier molecular flexibility index (Phi) is 12.0. The van der Waals surface area contributed by atoms with Crippen LogP contribution in [0.2, 0.25) is 0 Å². The maximum atomic E-state index is 5.85. The molecule has 0 saturated carbocycles. The Morgan fingerprint density at radius 1 is 1.11 bits per heavy atom. The zero-order valence-electron chi connectivity index (χ0n) is 16.4. The number of para-hydroxylation sites is 2. The van der Waals surface area contributed by atoms with E-state index in [4.69, 9.17) is 19.9 Å². The SMILES string of the molecule is CCOCCCNC(N)=NCc1ccc(Oc2ccccc2OCC)nc1.I. The van der Waals surface area contributed by atoms with Crippen LogP contribution in [0, 0.1) is 0 Å². The van der Waals surface area contributed by atoms with Gasteiger partial charge < -0.3 is 25.3 Å². The number of halogens is 1. The zero-order valence-corrected chi connectivity index (χ0v) is 18.7. The van der Waals surface area contributed by atoms with E-state index in [2.05, 4.69) is 15.3 Å². The third-order valence-electron chi connectivity index (χ3n) is 3.57. The van der Waals surface area contributed by atoms with E-state index in [-0.39, 0.29) is 24.0 Å². The molecule has 154 valence electrons. The highest BCUT2D eigenvalue weighted by Crippen LogP contribution is 2.30. The third kappa shape index (κ3) is 8.75. The Bertz CT molecular complexity index is 711. The Morgan fingerprint density at radius 2 is 1.89 bits per heavy atom. The third-order valence-corrected chi connectivity index (χ3v) is 3.57. The first-order valence-electron chi connectivity index (χ1n) is 9.19. The number of benzene rings is 1. The van der Waals surface area contributed by atoms with Gasteiger partial charge in [0.15, 0.2) is 17.5 Å². The van der Waals surface area contributed by atoms with Gasteiger partial charge in [0.05, 0.1) is 13.2 Å². The van der Waals surface area contributed by atoms with Crippen molar-refractivity contribution in [2.75, 3.05) is 26.4 Å². The maximum absolute atomic E-state index is 5.85. The largest absolute Gasteiger partial charge is 0.490 e. The summed E-state index contributed by atoms with van der Waals surface area (Å²) in [4.78, 5) is 8.63. The van der Waals surface area contributed by atoms with E-state index in [0.29, 0.717) is 43.1 Å². The van der Waals surface area contributed by atoms with Gasteiger partial charge in [-0.15, -0.1) is 24.0 Å². The van der Waals surface area contributed by atoms with E-state index in [9.17, 15) is 0 Å². The number of hydrogen-bond donors (Lipinski definition) is 2. The summed E-state index contributed by atoms with van der Waals surface area (Å²) in [6, 6.07) is 11.2. The summed E-state index contributed by atoms with van der Waals surface area (Å²) in [7, 11) is 0. The van der Waals surface area contributed by atoms with Gasteiger partial charge in [-0.1, -0.05) is 18.2 Å². The Hall–Kier alpha value is -2.07. The van der Waals surface area contributed by atoms with E-state index >= 15 is 0 Å². The Balaban J connectivity index is 0.00000392. The van der Waals surface area contributed by atoms with Gasteiger partial charge in [-0.05, 0) is 38.0 Å². The standard InChI is InChI=1S/C20H28N4O3.HI/c1-3-25-13-7-12-22-20(21)24-15-16-10-11-19(23-14-16)27-18-9-6-5-8-17(18)26-4-2;/h5-6,8-11,14H,3-4,7,12-13,15H2,1-2H3,(H3,21,22,24);1H. The van der Waals surface area contributed by atoms with Crippen LogP contribution in [0.25, 0.3) is 0 Å². The number of guanidine groups is 1. The highest BCUT2D eigenvalue weighted by Gasteiger charge is 2.06. The lowest BCUT2D eigenvalue weighted by Crippen LogP contribution is -2.32. The molecule has 1 aromatic heterocycles. The molecule has 2 aromatic rings. The van der Waals surface area contributed by atoms with E-state index in [1.165, 1.54) is 0 Å². The van der Waals surface area contributed by atoms with Crippen LogP contribution in [-0.2, 0) is 11.3 Å². The van der Waals surface area contributed by atoms with E-state index in [0.717, 1.165) is 25.1 Å². The Morgan fingerprint density at radius 3 is 2.57 bits per heavy atom. The van der Waals surface area contributed by atoms with Crippen molar-refractivity contribution < 1.29 is 14.2 Å². The highest BCUT2D eigenvalue weighted by atomic mass is 127. The summed E-state index contributed by atoms with van der Waals surface area (Å²) < 4.78 is 16.6. The summed E-state index contributed by atoms with van der Waals surface area (Å²) in [5.41, 5.74) is 6.80. The summed E-state index contributed by atoms with van der Waals surface area (Å²) in [6.07, 6.45) is 2.62. The minimum absolute atomic E-state index is 0. The van der Waals surface area contributed by atoms with Gasteiger partial charge in [0.2, 0.25) is 5.88 Å². The molecule has 0 amide bonds. The van der Waals surface area contributed by atoms with Crippen LogP contribution < -0.4 is 20.5 Å². The van der Waals surface area contributed by atoms with Crippen LogP contribution in [0.15, 0.2) is 47.6 Å². The molecule has 0 bridgehead atoms. The van der Waals surface area contributed by atoms with Crippen LogP contribution in [0.4, 0.5) is 0 Å². The number of nitrogens with one attached hydrogen (secondary N) is 1. The van der Waals surface area contributed by atoms with Crippen molar-refractivity contribution in [3.05, 3.63) is 48.2 Å². The molecule has 0 atom stereocenters. The predicted octanol–water partition coefficient (Wildman–Crippen LogP) is 3.72. The van der Waals surface area contributed by atoms with E-state index < -0.39 is 0 Å². The summed E-state index contributed by atoms with van der Waals surface area (Å²) in [5, 5.41) is 3.06. The number of pyridine rings is 1. The number of hydrogen-bond acceptors (Lipinski definition) is 5. The molecular formula is C20H29IN4O3. The lowest BCUT2D eigenvalue weighted by atomic mass is 10.3. The van der Waals surface area contributed by atoms with Crippen molar-refractivity contribution in [3.8, 4) is 17.4 Å². The molecule has 0 radical (unpaired) electrons. The van der Waals surface area contributed by atoms with Crippen molar-refractivity contribution in [2.24, 2.45) is 10.7 Å². The second-order valence-electron chi connectivity index (χ2n) is 5.67. The first kappa shape index (κ1) is 24.0. The molecule has 8 heteroatoms. The Labute approximate surface area is 183 Å². The van der Waals surface area contributed by atoms with Gasteiger partial charge in [-0.25, -0.2) is 9.98 Å². The van der Waals surface area contributed by atoms with Crippen LogP contribution in [0.1, 0.15) is 25.8 Å². The fourth-order valence-electron chi connectivity index (χ4n) is 2.25. The van der Waals surface area contributed by atoms with Gasteiger partial charge in [0, 0.05) is 32.0 Å². The number of aliphatic imine (C=N–C) groups is 1. The molecule has 28 heavy (non-hydrogen) atoms. The molecule has 2 rings (SSSR count). The quantitative estimate of drug-likeness (QED) is 0.212. The van der Waals surface area contributed by atoms with Crippen molar-refractivity contribution in [2.45, 2.75) is 26.8 Å². The van der Waals surface area contributed by atoms with Gasteiger partial charge in [-0.2, -0.15) is 0 Å². The van der Waals surface area contributed by atoms with Gasteiger partial charge in [-0.3, -0.25) is 0 Å². The van der Waals surface area contributed by atoms with Crippen LogP contribution in [-0.4, -0.2) is 37.3 Å². The minimum Gasteiger partial charge on any atom is -0.490 e. The maximum Gasteiger partial charge on any atom is 0.219 e. The van der Waals surface area contributed by atoms with Gasteiger partial charge in [0.25, 0.3) is 0 Å². The number of rotatable bonds is 11. The molecule has 0 fully saturated rings. The topological polar surface area (TPSA) is 91.0 Å². The first-order valence-corrected chi connectivity index (χ1v) is 9.19. The average molecular weight is 500 g/mol. The molecule has 0 aliphatic heterocycles. The predicted molar refractivity (Wildman–Crippen MR) is 122 cm³/mol. The second kappa shape index (κ2) is 14.0. The second-order valence-corrected chi connectivity index (χ2v) is 5.67. The molecular weight excluding hydrogens is 471 g/mol. The van der Waals surface area contributed by atoms with Crippen LogP contribution in [0.5, 0.6) is 17.4 Å². The molecule has 0 saturated heterocycles. The summed E-state index contributed by atoms with van der Waals surface area (Å²) >= 11 is 0. The monoisotopic (exact) mass is 500 g/mol. The number of aromatic nitrogens is 1. The first-order chi connectivity index (χ1) is 13.2. The summed E-state index contributed by atoms with van der Waals surface area (Å²) in [5.74, 6) is 2.24. The van der Waals surface area contributed by atoms with Crippen molar-refractivity contribution in [1.82, 2.24) is 10.3 Å². The van der Waals surface area contributed by atoms with E-state index in [1.54, 1.807) is 12.3 Å². The molecule has 0 spiro atoms. The number of ether oxygens (including phenoxy) is 3. The smallest absolute Gasteiger partial charge is 0.219 e. The molecule has 1 heterocycles. The lowest BCUT2D eigenvalue weighted by Gasteiger charge is -2.10. The van der Waals surface area contributed by atoms with E-state index in [1.807, 2.05) is 44.2 Å². The molecule has 0 aliphatic rings. The van der Waals surface area contributed by atoms with Gasteiger partial charge in [0.1, 0.15) is 0 Å². The molecule has 3 N–H and O–H groups in total. The normalized spacial score (nSPS) is 10.9. The molecule has 1 aromatic carbocycles. The fraction of sp³-hybridized carbons (Fsp3) is 0.400. The lowest BCUT2D eigenvalue weighted by molar-refractivity contribution is 0.145. The number of nitrogens with two attached hydrogens (primary N) is 1.